The normalized spacial score (nSPS) is 13.9. The molecule has 17 heavy (non-hydrogen) atoms. The number of ether oxygens (including phenoxy) is 1. The first-order valence-electron chi connectivity index (χ1n) is 5.74. The van der Waals surface area contributed by atoms with Crippen molar-refractivity contribution in [3.8, 4) is 0 Å². The van der Waals surface area contributed by atoms with Gasteiger partial charge in [0, 0.05) is 21.9 Å². The Bertz CT molecular complexity index is 752. The summed E-state index contributed by atoms with van der Waals surface area (Å²) in [7, 11) is 0. The Hall–Kier alpha value is -2.22. The summed E-state index contributed by atoms with van der Waals surface area (Å²) < 4.78 is 5.40. The SMILES string of the molecule is C1=Cc2ccc3c([nH]c4ccccc43)c2CO1. The van der Waals surface area contributed by atoms with Crippen LogP contribution in [0.3, 0.4) is 0 Å². The molecule has 0 atom stereocenters. The maximum atomic E-state index is 5.40. The summed E-state index contributed by atoms with van der Waals surface area (Å²) >= 11 is 0. The minimum absolute atomic E-state index is 0.649. The van der Waals surface area contributed by atoms with Crippen LogP contribution in [0.4, 0.5) is 0 Å². The van der Waals surface area contributed by atoms with Crippen molar-refractivity contribution in [3.63, 3.8) is 0 Å². The van der Waals surface area contributed by atoms with Crippen LogP contribution in [0.2, 0.25) is 0 Å². The highest BCUT2D eigenvalue weighted by Gasteiger charge is 2.12. The maximum absolute atomic E-state index is 5.40. The lowest BCUT2D eigenvalue weighted by Gasteiger charge is -2.12. The van der Waals surface area contributed by atoms with Crippen molar-refractivity contribution in [1.82, 2.24) is 4.98 Å². The van der Waals surface area contributed by atoms with Crippen LogP contribution in [0.15, 0.2) is 42.7 Å². The molecule has 0 saturated heterocycles. The molecule has 1 aromatic heterocycles. The molecule has 0 amide bonds. The minimum Gasteiger partial charge on any atom is -0.496 e. The van der Waals surface area contributed by atoms with Gasteiger partial charge in [0.1, 0.15) is 6.61 Å². The van der Waals surface area contributed by atoms with Crippen LogP contribution in [0.5, 0.6) is 0 Å². The van der Waals surface area contributed by atoms with Gasteiger partial charge in [0.2, 0.25) is 0 Å². The van der Waals surface area contributed by atoms with Crippen LogP contribution in [-0.4, -0.2) is 4.98 Å². The van der Waals surface area contributed by atoms with E-state index in [0.717, 1.165) is 0 Å². The summed E-state index contributed by atoms with van der Waals surface area (Å²) in [4.78, 5) is 3.49. The summed E-state index contributed by atoms with van der Waals surface area (Å²) in [5.41, 5.74) is 4.88. The van der Waals surface area contributed by atoms with Crippen LogP contribution < -0.4 is 0 Å². The van der Waals surface area contributed by atoms with Gasteiger partial charge in [0.15, 0.2) is 0 Å². The zero-order valence-corrected chi connectivity index (χ0v) is 9.23. The number of aromatic nitrogens is 1. The maximum Gasteiger partial charge on any atom is 0.115 e. The van der Waals surface area contributed by atoms with E-state index in [1.807, 2.05) is 6.08 Å². The van der Waals surface area contributed by atoms with Gasteiger partial charge in [0.05, 0.1) is 11.8 Å². The lowest BCUT2D eigenvalue weighted by molar-refractivity contribution is 0.235. The Morgan fingerprint density at radius 1 is 1.00 bits per heavy atom. The fourth-order valence-corrected chi connectivity index (χ4v) is 2.56. The standard InChI is InChI=1S/C15H11NO/c1-2-4-14-11(3-1)12-6-5-10-7-8-17-9-13(10)15(12)16-14/h1-8,16H,9H2. The van der Waals surface area contributed by atoms with Crippen molar-refractivity contribution >= 4 is 27.9 Å². The fourth-order valence-electron chi connectivity index (χ4n) is 2.56. The van der Waals surface area contributed by atoms with Crippen LogP contribution in [0.1, 0.15) is 11.1 Å². The second kappa shape index (κ2) is 3.14. The summed E-state index contributed by atoms with van der Waals surface area (Å²) in [6, 6.07) is 12.7. The molecule has 0 saturated carbocycles. The Morgan fingerprint density at radius 2 is 1.94 bits per heavy atom. The minimum atomic E-state index is 0.649. The molecule has 1 aliphatic heterocycles. The van der Waals surface area contributed by atoms with E-state index in [1.54, 1.807) is 6.26 Å². The smallest absolute Gasteiger partial charge is 0.115 e. The van der Waals surface area contributed by atoms with Crippen molar-refractivity contribution in [2.45, 2.75) is 6.61 Å². The largest absolute Gasteiger partial charge is 0.496 e. The monoisotopic (exact) mass is 221 g/mol. The Labute approximate surface area is 98.5 Å². The van der Waals surface area contributed by atoms with E-state index in [-0.39, 0.29) is 0 Å². The topological polar surface area (TPSA) is 25.0 Å². The predicted molar refractivity (Wildman–Crippen MR) is 69.6 cm³/mol. The first kappa shape index (κ1) is 8.88. The number of hydrogen-bond acceptors (Lipinski definition) is 1. The van der Waals surface area contributed by atoms with Gasteiger partial charge in [-0.1, -0.05) is 30.3 Å². The second-order valence-electron chi connectivity index (χ2n) is 4.34. The van der Waals surface area contributed by atoms with E-state index < -0.39 is 0 Å². The zero-order chi connectivity index (χ0) is 11.2. The molecule has 0 fully saturated rings. The molecule has 2 nitrogen and oxygen atoms in total. The van der Waals surface area contributed by atoms with E-state index in [4.69, 9.17) is 4.74 Å². The van der Waals surface area contributed by atoms with Crippen LogP contribution >= 0.6 is 0 Å². The highest BCUT2D eigenvalue weighted by atomic mass is 16.5. The van der Waals surface area contributed by atoms with Crippen molar-refractivity contribution in [3.05, 3.63) is 53.8 Å². The Kier molecular flexibility index (Phi) is 1.64. The molecule has 0 bridgehead atoms. The van der Waals surface area contributed by atoms with Gasteiger partial charge in [0.25, 0.3) is 0 Å². The van der Waals surface area contributed by atoms with E-state index in [1.165, 1.54) is 32.9 Å². The third-order valence-corrected chi connectivity index (χ3v) is 3.40. The molecule has 1 aliphatic rings. The number of H-pyrrole nitrogens is 1. The predicted octanol–water partition coefficient (Wildman–Crippen LogP) is 3.82. The van der Waals surface area contributed by atoms with Crippen molar-refractivity contribution < 1.29 is 4.74 Å². The Balaban J connectivity index is 2.21. The van der Waals surface area contributed by atoms with Crippen molar-refractivity contribution in [1.29, 1.82) is 0 Å². The third-order valence-electron chi connectivity index (χ3n) is 3.40. The third kappa shape index (κ3) is 1.15. The molecule has 3 aromatic rings. The van der Waals surface area contributed by atoms with Crippen LogP contribution in [0, 0.1) is 0 Å². The van der Waals surface area contributed by atoms with Crippen molar-refractivity contribution in [2.75, 3.05) is 0 Å². The van der Waals surface area contributed by atoms with Crippen LogP contribution in [-0.2, 0) is 11.3 Å². The van der Waals surface area contributed by atoms with E-state index in [2.05, 4.69) is 41.4 Å². The number of hydrogen-bond donors (Lipinski definition) is 1. The van der Waals surface area contributed by atoms with E-state index >= 15 is 0 Å². The summed E-state index contributed by atoms with van der Waals surface area (Å²) in [5, 5.41) is 2.55. The quantitative estimate of drug-likeness (QED) is 0.613. The number of nitrogens with one attached hydrogen (secondary N) is 1. The number of benzene rings is 2. The van der Waals surface area contributed by atoms with Crippen LogP contribution in [0.25, 0.3) is 27.9 Å². The molecule has 2 aromatic carbocycles. The molecular formula is C15H11NO. The van der Waals surface area contributed by atoms with Gasteiger partial charge in [-0.2, -0.15) is 0 Å². The average molecular weight is 221 g/mol. The molecule has 0 radical (unpaired) electrons. The van der Waals surface area contributed by atoms with Gasteiger partial charge in [-0.3, -0.25) is 0 Å². The molecule has 2 heteroatoms. The number of rotatable bonds is 0. The van der Waals surface area contributed by atoms with Gasteiger partial charge < -0.3 is 9.72 Å². The fraction of sp³-hybridized carbons (Fsp3) is 0.0667. The number of fused-ring (bicyclic) bond motifs is 5. The summed E-state index contributed by atoms with van der Waals surface area (Å²) in [5.74, 6) is 0. The van der Waals surface area contributed by atoms with Gasteiger partial charge in [-0.25, -0.2) is 0 Å². The van der Waals surface area contributed by atoms with Gasteiger partial charge >= 0.3 is 0 Å². The molecule has 0 aliphatic carbocycles. The number of aromatic amines is 1. The van der Waals surface area contributed by atoms with Gasteiger partial charge in [-0.05, 0) is 17.7 Å². The highest BCUT2D eigenvalue weighted by molar-refractivity contribution is 6.08. The molecule has 82 valence electrons. The summed E-state index contributed by atoms with van der Waals surface area (Å²) in [6.07, 6.45) is 3.78. The second-order valence-corrected chi connectivity index (χ2v) is 4.34. The lowest BCUT2D eigenvalue weighted by Crippen LogP contribution is -1.97. The molecular weight excluding hydrogens is 210 g/mol. The van der Waals surface area contributed by atoms with E-state index in [0.29, 0.717) is 6.61 Å². The zero-order valence-electron chi connectivity index (χ0n) is 9.23. The lowest BCUT2D eigenvalue weighted by atomic mass is 10.0. The van der Waals surface area contributed by atoms with Crippen molar-refractivity contribution in [2.24, 2.45) is 0 Å². The molecule has 2 heterocycles. The molecule has 0 unspecified atom stereocenters. The highest BCUT2D eigenvalue weighted by Crippen LogP contribution is 2.31. The summed E-state index contributed by atoms with van der Waals surface area (Å²) in [6.45, 7) is 0.649. The molecule has 1 N–H and O–H groups in total. The first-order chi connectivity index (χ1) is 8.43. The Morgan fingerprint density at radius 3 is 2.94 bits per heavy atom. The molecule has 4 rings (SSSR count). The number of para-hydroxylation sites is 1. The first-order valence-corrected chi connectivity index (χ1v) is 5.74. The average Bonchev–Trinajstić information content (AvgIpc) is 2.78. The van der Waals surface area contributed by atoms with E-state index in [9.17, 15) is 0 Å². The molecule has 0 spiro atoms. The van der Waals surface area contributed by atoms with Gasteiger partial charge in [-0.15, -0.1) is 0 Å².